The molecule has 136 valence electrons. The molecule has 0 spiro atoms. The Bertz CT molecular complexity index is 1260. The van der Waals surface area contributed by atoms with Crippen LogP contribution in [0.15, 0.2) is 72.8 Å². The minimum atomic E-state index is -3.43. The summed E-state index contributed by atoms with van der Waals surface area (Å²) in [6, 6.07) is 22.9. The minimum Gasteiger partial charge on any atom is -0.508 e. The summed E-state index contributed by atoms with van der Waals surface area (Å²) in [6.45, 7) is 0. The number of fused-ring (bicyclic) bond motifs is 2. The summed E-state index contributed by atoms with van der Waals surface area (Å²) in [6.07, 6.45) is 1.55. The van der Waals surface area contributed by atoms with E-state index in [0.717, 1.165) is 38.9 Å². The zero-order chi connectivity index (χ0) is 19.0. The molecule has 0 heterocycles. The second kappa shape index (κ2) is 6.59. The van der Waals surface area contributed by atoms with Crippen LogP contribution in [0, 0.1) is 0 Å². The van der Waals surface area contributed by atoms with Crippen LogP contribution in [-0.4, -0.2) is 19.8 Å². The molecule has 0 bridgehead atoms. The maximum absolute atomic E-state index is 11.9. The van der Waals surface area contributed by atoms with Gasteiger partial charge in [-0.25, -0.2) is 8.42 Å². The molecule has 0 fully saturated rings. The van der Waals surface area contributed by atoms with E-state index in [-0.39, 0.29) is 5.75 Å². The molecular formula is C22H19NO3S. The number of phenolic OH excluding ortho intramolecular Hbond substituents is 1. The molecule has 4 aromatic rings. The topological polar surface area (TPSA) is 66.4 Å². The van der Waals surface area contributed by atoms with Gasteiger partial charge < -0.3 is 5.11 Å². The maximum Gasteiger partial charge on any atom is 0.229 e. The predicted molar refractivity (Wildman–Crippen MR) is 111 cm³/mol. The molecule has 2 N–H and O–H groups in total. The van der Waals surface area contributed by atoms with Gasteiger partial charge in [0.05, 0.1) is 11.9 Å². The molecule has 0 atom stereocenters. The van der Waals surface area contributed by atoms with Gasteiger partial charge in [-0.15, -0.1) is 0 Å². The number of anilines is 1. The zero-order valence-corrected chi connectivity index (χ0v) is 15.6. The Morgan fingerprint density at radius 3 is 1.96 bits per heavy atom. The van der Waals surface area contributed by atoms with Gasteiger partial charge in [0.25, 0.3) is 0 Å². The third kappa shape index (κ3) is 3.46. The smallest absolute Gasteiger partial charge is 0.229 e. The van der Waals surface area contributed by atoms with Gasteiger partial charge in [-0.2, -0.15) is 0 Å². The Morgan fingerprint density at radius 1 is 0.778 bits per heavy atom. The van der Waals surface area contributed by atoms with Crippen molar-refractivity contribution in [3.8, 4) is 5.75 Å². The van der Waals surface area contributed by atoms with Crippen molar-refractivity contribution < 1.29 is 13.5 Å². The van der Waals surface area contributed by atoms with E-state index in [1.807, 2.05) is 60.7 Å². The third-order valence-corrected chi connectivity index (χ3v) is 5.30. The first-order valence-corrected chi connectivity index (χ1v) is 10.5. The fourth-order valence-electron chi connectivity index (χ4n) is 3.51. The summed E-state index contributed by atoms with van der Waals surface area (Å²) in [5, 5.41) is 14.5. The normalized spacial score (nSPS) is 11.7. The molecule has 4 nitrogen and oxygen atoms in total. The van der Waals surface area contributed by atoms with Gasteiger partial charge >= 0.3 is 0 Å². The van der Waals surface area contributed by atoms with Gasteiger partial charge in [0, 0.05) is 12.0 Å². The zero-order valence-electron chi connectivity index (χ0n) is 14.8. The van der Waals surface area contributed by atoms with Crippen LogP contribution in [0.3, 0.4) is 0 Å². The Labute approximate surface area is 158 Å². The van der Waals surface area contributed by atoms with Crippen molar-refractivity contribution >= 4 is 37.3 Å². The molecule has 0 unspecified atom stereocenters. The van der Waals surface area contributed by atoms with Crippen molar-refractivity contribution in [2.75, 3.05) is 11.0 Å². The van der Waals surface area contributed by atoms with E-state index in [1.165, 1.54) is 0 Å². The molecule has 27 heavy (non-hydrogen) atoms. The first kappa shape index (κ1) is 17.4. The summed E-state index contributed by atoms with van der Waals surface area (Å²) in [5.41, 5.74) is 2.15. The van der Waals surface area contributed by atoms with Gasteiger partial charge in [0.1, 0.15) is 5.75 Å². The molecule has 0 aliphatic heterocycles. The van der Waals surface area contributed by atoms with Crippen LogP contribution in [-0.2, 0) is 16.4 Å². The first-order chi connectivity index (χ1) is 12.9. The second-order valence-electron chi connectivity index (χ2n) is 6.65. The van der Waals surface area contributed by atoms with Crippen LogP contribution in [0.4, 0.5) is 5.69 Å². The average Bonchev–Trinajstić information content (AvgIpc) is 2.64. The van der Waals surface area contributed by atoms with Gasteiger partial charge in [-0.1, -0.05) is 60.7 Å². The predicted octanol–water partition coefficient (Wildman–Crippen LogP) is 4.66. The number of sulfonamides is 1. The highest BCUT2D eigenvalue weighted by molar-refractivity contribution is 7.92. The van der Waals surface area contributed by atoms with Crippen molar-refractivity contribution in [3.63, 3.8) is 0 Å². The Balaban J connectivity index is 1.96. The minimum absolute atomic E-state index is 0.201. The molecule has 4 rings (SSSR count). The highest BCUT2D eigenvalue weighted by Gasteiger charge is 2.15. The largest absolute Gasteiger partial charge is 0.508 e. The van der Waals surface area contributed by atoms with Crippen LogP contribution in [0.1, 0.15) is 11.1 Å². The lowest BCUT2D eigenvalue weighted by molar-refractivity contribution is 0.470. The number of phenols is 1. The van der Waals surface area contributed by atoms with Crippen molar-refractivity contribution in [1.29, 1.82) is 0 Å². The average molecular weight is 377 g/mol. The molecule has 4 aromatic carbocycles. The van der Waals surface area contributed by atoms with Gasteiger partial charge in [0.15, 0.2) is 0 Å². The fraction of sp³-hybridized carbons (Fsp3) is 0.0909. The quantitative estimate of drug-likeness (QED) is 0.543. The first-order valence-electron chi connectivity index (χ1n) is 8.60. The van der Waals surface area contributed by atoms with Crippen molar-refractivity contribution in [1.82, 2.24) is 0 Å². The monoisotopic (exact) mass is 377 g/mol. The molecular weight excluding hydrogens is 358 g/mol. The highest BCUT2D eigenvalue weighted by atomic mass is 32.2. The van der Waals surface area contributed by atoms with E-state index in [0.29, 0.717) is 12.1 Å². The maximum atomic E-state index is 11.9. The Morgan fingerprint density at radius 2 is 1.33 bits per heavy atom. The molecule has 0 radical (unpaired) electrons. The molecule has 0 aliphatic rings. The van der Waals surface area contributed by atoms with Crippen LogP contribution in [0.2, 0.25) is 0 Å². The molecule has 0 saturated carbocycles. The van der Waals surface area contributed by atoms with Crippen LogP contribution in [0.5, 0.6) is 5.75 Å². The number of hydrogen-bond acceptors (Lipinski definition) is 3. The van der Waals surface area contributed by atoms with E-state index in [4.69, 9.17) is 0 Å². The van der Waals surface area contributed by atoms with Crippen LogP contribution in [0.25, 0.3) is 21.5 Å². The second-order valence-corrected chi connectivity index (χ2v) is 8.40. The van der Waals surface area contributed by atoms with Crippen LogP contribution < -0.4 is 4.72 Å². The number of rotatable bonds is 4. The summed E-state index contributed by atoms with van der Waals surface area (Å²) in [5.74, 6) is 0.201. The number of nitrogens with one attached hydrogen (secondary N) is 1. The Kier molecular flexibility index (Phi) is 4.24. The summed E-state index contributed by atoms with van der Waals surface area (Å²) >= 11 is 0. The lowest BCUT2D eigenvalue weighted by Gasteiger charge is -2.16. The number of benzene rings is 4. The SMILES string of the molecule is CS(=O)(=O)Nc1ccc2ccccc2c1Cc1c(O)ccc2ccccc12. The summed E-state index contributed by atoms with van der Waals surface area (Å²) in [7, 11) is -3.43. The standard InChI is InChI=1S/C22H19NO3S/c1-27(25,26)23-21-12-10-15-6-2-4-8-17(15)19(21)14-20-18-9-5-3-7-16(18)11-13-22(20)24/h2-13,23-24H,14H2,1H3. The van der Waals surface area contributed by atoms with E-state index < -0.39 is 10.0 Å². The van der Waals surface area contributed by atoms with Gasteiger partial charge in [-0.05, 0) is 39.2 Å². The molecule has 0 saturated heterocycles. The Hall–Kier alpha value is -3.05. The van der Waals surface area contributed by atoms with E-state index in [2.05, 4.69) is 4.72 Å². The molecule has 0 aliphatic carbocycles. The molecule has 5 heteroatoms. The molecule has 0 amide bonds. The van der Waals surface area contributed by atoms with Crippen LogP contribution >= 0.6 is 0 Å². The number of hydrogen-bond donors (Lipinski definition) is 2. The summed E-state index contributed by atoms with van der Waals surface area (Å²) < 4.78 is 26.3. The third-order valence-electron chi connectivity index (χ3n) is 4.71. The fourth-order valence-corrected chi connectivity index (χ4v) is 4.10. The lowest BCUT2D eigenvalue weighted by atomic mass is 9.93. The van der Waals surface area contributed by atoms with E-state index in [1.54, 1.807) is 12.1 Å². The van der Waals surface area contributed by atoms with Gasteiger partial charge in [-0.3, -0.25) is 4.72 Å². The van der Waals surface area contributed by atoms with Gasteiger partial charge in [0.2, 0.25) is 10.0 Å². The van der Waals surface area contributed by atoms with Crippen molar-refractivity contribution in [2.45, 2.75) is 6.42 Å². The van der Waals surface area contributed by atoms with E-state index in [9.17, 15) is 13.5 Å². The summed E-state index contributed by atoms with van der Waals surface area (Å²) in [4.78, 5) is 0. The molecule has 0 aromatic heterocycles. The van der Waals surface area contributed by atoms with Crippen molar-refractivity contribution in [2.24, 2.45) is 0 Å². The highest BCUT2D eigenvalue weighted by Crippen LogP contribution is 2.34. The van der Waals surface area contributed by atoms with Crippen molar-refractivity contribution in [3.05, 3.63) is 83.9 Å². The van der Waals surface area contributed by atoms with E-state index >= 15 is 0 Å². The number of aromatic hydroxyl groups is 1. The lowest BCUT2D eigenvalue weighted by Crippen LogP contribution is -2.11.